The van der Waals surface area contributed by atoms with Crippen LogP contribution in [-0.4, -0.2) is 17.5 Å². The van der Waals surface area contributed by atoms with E-state index in [-0.39, 0.29) is 5.91 Å². The van der Waals surface area contributed by atoms with Crippen LogP contribution in [0.4, 0.5) is 5.00 Å². The summed E-state index contributed by atoms with van der Waals surface area (Å²) in [5.74, 6) is 0.673. The number of carbonyl (C=O) groups excluding carboxylic acids is 1. The maximum atomic E-state index is 12.9. The fraction of sp³-hybridized carbons (Fsp3) is 0.280. The number of hydrogen-bond donors (Lipinski definition) is 1. The molecule has 1 amide bonds. The fourth-order valence-electron chi connectivity index (χ4n) is 3.37. The van der Waals surface area contributed by atoms with Crippen molar-refractivity contribution in [3.63, 3.8) is 0 Å². The van der Waals surface area contributed by atoms with Gasteiger partial charge in [0.2, 0.25) is 0 Å². The predicted molar refractivity (Wildman–Crippen MR) is 132 cm³/mol. The van der Waals surface area contributed by atoms with Gasteiger partial charge >= 0.3 is 0 Å². The summed E-state index contributed by atoms with van der Waals surface area (Å²) in [6, 6.07) is 15.5. The van der Waals surface area contributed by atoms with Crippen LogP contribution in [0.25, 0.3) is 20.8 Å². The van der Waals surface area contributed by atoms with Crippen LogP contribution in [0.3, 0.4) is 0 Å². The first kappa shape index (κ1) is 21.5. The first-order valence-electron chi connectivity index (χ1n) is 10.6. The van der Waals surface area contributed by atoms with Gasteiger partial charge in [0.15, 0.2) is 0 Å². The van der Waals surface area contributed by atoms with Crippen LogP contribution in [0.15, 0.2) is 48.5 Å². The van der Waals surface area contributed by atoms with Gasteiger partial charge in [-0.15, -0.1) is 22.7 Å². The molecule has 0 radical (unpaired) electrons. The van der Waals surface area contributed by atoms with Crippen molar-refractivity contribution in [3.05, 3.63) is 64.5 Å². The van der Waals surface area contributed by atoms with E-state index in [0.717, 1.165) is 49.9 Å². The van der Waals surface area contributed by atoms with Gasteiger partial charge in [0.25, 0.3) is 5.91 Å². The van der Waals surface area contributed by atoms with E-state index >= 15 is 0 Å². The molecule has 0 unspecified atom stereocenters. The maximum Gasteiger partial charge on any atom is 0.256 e. The molecule has 0 atom stereocenters. The third-order valence-corrected chi connectivity index (χ3v) is 7.43. The Labute approximate surface area is 190 Å². The highest BCUT2D eigenvalue weighted by Crippen LogP contribution is 2.43. The number of anilines is 1. The van der Waals surface area contributed by atoms with Gasteiger partial charge in [-0.1, -0.05) is 31.9 Å². The largest absolute Gasteiger partial charge is 0.494 e. The third-order valence-electron chi connectivity index (χ3n) is 5.25. The second kappa shape index (κ2) is 9.62. The minimum Gasteiger partial charge on any atom is -0.494 e. The molecule has 0 aliphatic rings. The molecule has 2 aromatic heterocycles. The van der Waals surface area contributed by atoms with Crippen molar-refractivity contribution >= 4 is 43.8 Å². The molecule has 2 aromatic carbocycles. The summed E-state index contributed by atoms with van der Waals surface area (Å²) in [6.07, 6.45) is 3.38. The van der Waals surface area contributed by atoms with Crippen molar-refractivity contribution in [1.82, 2.24) is 4.98 Å². The van der Waals surface area contributed by atoms with E-state index in [9.17, 15) is 4.79 Å². The Morgan fingerprint density at radius 1 is 1.03 bits per heavy atom. The number of aromatic nitrogens is 1. The lowest BCUT2D eigenvalue weighted by Gasteiger charge is -2.08. The molecule has 6 heteroatoms. The van der Waals surface area contributed by atoms with Crippen LogP contribution in [0.2, 0.25) is 0 Å². The van der Waals surface area contributed by atoms with Crippen LogP contribution < -0.4 is 10.1 Å². The van der Waals surface area contributed by atoms with Crippen LogP contribution >= 0.6 is 22.7 Å². The SMILES string of the molecule is CCCCCOc1ccc(C(=O)Nc2sc(C)c(C)c2-c2nc3ccccc3s2)cc1. The van der Waals surface area contributed by atoms with Crippen LogP contribution in [-0.2, 0) is 0 Å². The summed E-state index contributed by atoms with van der Waals surface area (Å²) in [4.78, 5) is 18.9. The number of thiophene rings is 1. The van der Waals surface area contributed by atoms with Gasteiger partial charge in [0.1, 0.15) is 15.8 Å². The Bertz CT molecular complexity index is 1160. The minimum atomic E-state index is -0.124. The molecule has 2 heterocycles. The summed E-state index contributed by atoms with van der Waals surface area (Å²) >= 11 is 3.25. The number of fused-ring (bicyclic) bond motifs is 1. The van der Waals surface area contributed by atoms with E-state index in [1.54, 1.807) is 22.7 Å². The van der Waals surface area contributed by atoms with E-state index in [2.05, 4.69) is 32.2 Å². The van der Waals surface area contributed by atoms with Gasteiger partial charge < -0.3 is 10.1 Å². The molecule has 0 aliphatic carbocycles. The first-order valence-corrected chi connectivity index (χ1v) is 12.2. The number of rotatable bonds is 8. The Morgan fingerprint density at radius 3 is 2.55 bits per heavy atom. The molecule has 0 fully saturated rings. The average Bonchev–Trinajstić information content (AvgIpc) is 3.31. The molecule has 0 saturated heterocycles. The van der Waals surface area contributed by atoms with E-state index < -0.39 is 0 Å². The lowest BCUT2D eigenvalue weighted by molar-refractivity contribution is 0.102. The Balaban J connectivity index is 1.53. The molecule has 0 saturated carbocycles. The molecule has 160 valence electrons. The van der Waals surface area contributed by atoms with E-state index in [1.807, 2.05) is 42.5 Å². The Morgan fingerprint density at radius 2 is 1.81 bits per heavy atom. The molecule has 4 nitrogen and oxygen atoms in total. The minimum absolute atomic E-state index is 0.124. The second-order valence-corrected chi connectivity index (χ2v) is 9.76. The zero-order valence-corrected chi connectivity index (χ0v) is 19.7. The number of carbonyl (C=O) groups is 1. The number of unbranched alkanes of at least 4 members (excludes halogenated alkanes) is 2. The molecule has 1 N–H and O–H groups in total. The first-order chi connectivity index (χ1) is 15.1. The van der Waals surface area contributed by atoms with Crippen molar-refractivity contribution < 1.29 is 9.53 Å². The highest BCUT2D eigenvalue weighted by Gasteiger charge is 2.20. The van der Waals surface area contributed by atoms with Crippen molar-refractivity contribution in [2.75, 3.05) is 11.9 Å². The Kier molecular flexibility index (Phi) is 6.68. The molecule has 0 spiro atoms. The number of ether oxygens (including phenoxy) is 1. The second-order valence-electron chi connectivity index (χ2n) is 7.51. The highest BCUT2D eigenvalue weighted by atomic mass is 32.1. The summed E-state index contributed by atoms with van der Waals surface area (Å²) in [5, 5.41) is 4.90. The lowest BCUT2D eigenvalue weighted by Crippen LogP contribution is -2.11. The maximum absolute atomic E-state index is 12.9. The molecule has 4 rings (SSSR count). The van der Waals surface area contributed by atoms with E-state index in [0.29, 0.717) is 12.2 Å². The van der Waals surface area contributed by atoms with Gasteiger partial charge in [-0.3, -0.25) is 4.79 Å². The number of benzene rings is 2. The molecule has 0 bridgehead atoms. The molecule has 4 aromatic rings. The van der Waals surface area contributed by atoms with Crippen molar-refractivity contribution in [1.29, 1.82) is 0 Å². The van der Waals surface area contributed by atoms with Crippen LogP contribution in [0, 0.1) is 13.8 Å². The number of nitrogens with zero attached hydrogens (tertiary/aromatic N) is 1. The van der Waals surface area contributed by atoms with Crippen molar-refractivity contribution in [2.24, 2.45) is 0 Å². The van der Waals surface area contributed by atoms with E-state index in [4.69, 9.17) is 9.72 Å². The van der Waals surface area contributed by atoms with Crippen LogP contribution in [0.1, 0.15) is 47.0 Å². The van der Waals surface area contributed by atoms with Crippen molar-refractivity contribution in [2.45, 2.75) is 40.0 Å². The quantitative estimate of drug-likeness (QED) is 0.283. The van der Waals surface area contributed by atoms with Crippen LogP contribution in [0.5, 0.6) is 5.75 Å². The number of amides is 1. The number of nitrogens with one attached hydrogen (secondary N) is 1. The van der Waals surface area contributed by atoms with Gasteiger partial charge in [0, 0.05) is 16.0 Å². The topological polar surface area (TPSA) is 51.2 Å². The van der Waals surface area contributed by atoms with Gasteiger partial charge in [-0.05, 0) is 62.2 Å². The molecular formula is C25H26N2O2S2. The predicted octanol–water partition coefficient (Wildman–Crippen LogP) is 7.46. The summed E-state index contributed by atoms with van der Waals surface area (Å²) < 4.78 is 6.90. The Hall–Kier alpha value is -2.70. The summed E-state index contributed by atoms with van der Waals surface area (Å²) in [5.41, 5.74) is 3.78. The molecule has 0 aliphatic heterocycles. The third kappa shape index (κ3) is 4.81. The number of hydrogen-bond acceptors (Lipinski definition) is 5. The zero-order valence-electron chi connectivity index (χ0n) is 18.0. The number of para-hydroxylation sites is 1. The van der Waals surface area contributed by atoms with E-state index in [1.165, 1.54) is 11.3 Å². The summed E-state index contributed by atoms with van der Waals surface area (Å²) in [6.45, 7) is 7.05. The van der Waals surface area contributed by atoms with Gasteiger partial charge in [0.05, 0.1) is 16.8 Å². The smallest absolute Gasteiger partial charge is 0.256 e. The molecule has 31 heavy (non-hydrogen) atoms. The number of aryl methyl sites for hydroxylation is 1. The van der Waals surface area contributed by atoms with Gasteiger partial charge in [-0.2, -0.15) is 0 Å². The fourth-order valence-corrected chi connectivity index (χ4v) is 5.57. The highest BCUT2D eigenvalue weighted by molar-refractivity contribution is 7.22. The number of thiazole rings is 1. The van der Waals surface area contributed by atoms with Gasteiger partial charge in [-0.25, -0.2) is 4.98 Å². The van der Waals surface area contributed by atoms with Crippen molar-refractivity contribution in [3.8, 4) is 16.3 Å². The standard InChI is InChI=1S/C25H26N2O2S2/c1-4-5-8-15-29-19-13-11-18(12-14-19)23(28)27-25-22(16(2)17(3)30-25)24-26-20-9-6-7-10-21(20)31-24/h6-7,9-14H,4-5,8,15H2,1-3H3,(H,27,28). The molecular weight excluding hydrogens is 424 g/mol. The summed E-state index contributed by atoms with van der Waals surface area (Å²) in [7, 11) is 0. The monoisotopic (exact) mass is 450 g/mol. The normalized spacial score (nSPS) is 11.1. The average molecular weight is 451 g/mol. The zero-order chi connectivity index (χ0) is 21.8. The lowest BCUT2D eigenvalue weighted by atomic mass is 10.1.